The molecule has 0 saturated heterocycles. The minimum Gasteiger partial charge on any atom is -0.351 e. The third-order valence-corrected chi connectivity index (χ3v) is 2.06. The highest BCUT2D eigenvalue weighted by Gasteiger charge is 2.06. The van der Waals surface area contributed by atoms with Crippen LogP contribution in [0.3, 0.4) is 0 Å². The molecule has 0 aromatic carbocycles. The Morgan fingerprint density at radius 1 is 1.00 bits per heavy atom. The van der Waals surface area contributed by atoms with E-state index >= 15 is 0 Å². The van der Waals surface area contributed by atoms with Gasteiger partial charge in [0.1, 0.15) is 0 Å². The first-order valence-corrected chi connectivity index (χ1v) is 3.84. The molecule has 1 heteroatoms. The van der Waals surface area contributed by atoms with E-state index in [9.17, 15) is 0 Å². The molecule has 0 aliphatic carbocycles. The summed E-state index contributed by atoms with van der Waals surface area (Å²) in [6.45, 7) is 6.72. The molecule has 0 saturated carbocycles. The second kappa shape index (κ2) is 2.91. The van der Waals surface area contributed by atoms with Crippen LogP contribution in [0.1, 0.15) is 26.8 Å². The molecule has 1 aromatic rings. The highest BCUT2D eigenvalue weighted by molar-refractivity contribution is 4.92. The summed E-state index contributed by atoms with van der Waals surface area (Å²) in [6, 6.07) is 4.76. The number of aromatic nitrogens is 1. The molecule has 0 amide bonds. The molecule has 0 aliphatic heterocycles. The van der Waals surface area contributed by atoms with Gasteiger partial charge in [0.25, 0.3) is 0 Å². The van der Waals surface area contributed by atoms with Crippen LogP contribution in [0.5, 0.6) is 0 Å². The number of hydrogen-bond acceptors (Lipinski definition) is 0. The predicted octanol–water partition coefficient (Wildman–Crippen LogP) is 2.71. The summed E-state index contributed by atoms with van der Waals surface area (Å²) >= 11 is 0. The summed E-state index contributed by atoms with van der Waals surface area (Å²) in [6.07, 6.45) is 4.23. The van der Waals surface area contributed by atoms with E-state index in [1.54, 1.807) is 0 Å². The van der Waals surface area contributed by atoms with Gasteiger partial charge in [-0.1, -0.05) is 13.8 Å². The maximum atomic E-state index is 2.24. The summed E-state index contributed by atoms with van der Waals surface area (Å²) in [5.41, 5.74) is 0. The number of nitrogens with zero attached hydrogens (tertiary/aromatic N) is 1. The lowest BCUT2D eigenvalue weighted by molar-refractivity contribution is 0.409. The summed E-state index contributed by atoms with van der Waals surface area (Å²) in [5.74, 6) is 0.715. The van der Waals surface area contributed by atoms with E-state index in [4.69, 9.17) is 0 Å². The van der Waals surface area contributed by atoms with Crippen molar-refractivity contribution in [3.05, 3.63) is 24.5 Å². The molecule has 56 valence electrons. The second-order valence-electron chi connectivity index (χ2n) is 3.11. The number of hydrogen-bond donors (Lipinski definition) is 0. The van der Waals surface area contributed by atoms with Gasteiger partial charge in [-0.25, -0.2) is 0 Å². The van der Waals surface area contributed by atoms with Crippen LogP contribution >= 0.6 is 0 Å². The molecule has 1 rings (SSSR count). The van der Waals surface area contributed by atoms with Gasteiger partial charge in [-0.05, 0) is 25.0 Å². The van der Waals surface area contributed by atoms with Crippen molar-refractivity contribution in [1.29, 1.82) is 0 Å². The van der Waals surface area contributed by atoms with Crippen molar-refractivity contribution in [3.63, 3.8) is 0 Å². The molecule has 0 N–H and O–H groups in total. The molecular weight excluding hydrogens is 122 g/mol. The smallest absolute Gasteiger partial charge is 0.0325 e. The van der Waals surface area contributed by atoms with Crippen molar-refractivity contribution >= 4 is 0 Å². The molecule has 1 nitrogen and oxygen atoms in total. The Bertz CT molecular complexity index is 175. The van der Waals surface area contributed by atoms with Crippen molar-refractivity contribution in [2.45, 2.75) is 26.8 Å². The standard InChI is InChI=1S/C9H15N/c1-8(2)9(3)10-6-4-5-7-10/h4-9H,1-3H3. The Labute approximate surface area is 62.7 Å². The highest BCUT2D eigenvalue weighted by Crippen LogP contribution is 2.15. The fraction of sp³-hybridized carbons (Fsp3) is 0.556. The zero-order chi connectivity index (χ0) is 7.56. The summed E-state index contributed by atoms with van der Waals surface area (Å²) < 4.78 is 2.24. The van der Waals surface area contributed by atoms with Gasteiger partial charge >= 0.3 is 0 Å². The summed E-state index contributed by atoms with van der Waals surface area (Å²) in [7, 11) is 0. The molecular formula is C9H15N. The van der Waals surface area contributed by atoms with Crippen LogP contribution in [0.15, 0.2) is 24.5 Å². The summed E-state index contributed by atoms with van der Waals surface area (Å²) in [4.78, 5) is 0. The van der Waals surface area contributed by atoms with Gasteiger partial charge in [0.15, 0.2) is 0 Å². The SMILES string of the molecule is CC(C)C(C)n1cccc1. The third kappa shape index (κ3) is 1.41. The van der Waals surface area contributed by atoms with E-state index in [2.05, 4.69) is 49.9 Å². The van der Waals surface area contributed by atoms with Gasteiger partial charge < -0.3 is 4.57 Å². The average Bonchev–Trinajstić information content (AvgIpc) is 2.36. The van der Waals surface area contributed by atoms with E-state index in [0.717, 1.165) is 0 Å². The van der Waals surface area contributed by atoms with Crippen molar-refractivity contribution in [3.8, 4) is 0 Å². The second-order valence-corrected chi connectivity index (χ2v) is 3.11. The van der Waals surface area contributed by atoms with Crippen LogP contribution in [0, 0.1) is 5.92 Å². The molecule has 1 aromatic heterocycles. The largest absolute Gasteiger partial charge is 0.351 e. The first-order chi connectivity index (χ1) is 4.72. The lowest BCUT2D eigenvalue weighted by Crippen LogP contribution is -2.08. The molecule has 0 spiro atoms. The van der Waals surface area contributed by atoms with Crippen LogP contribution in [0.2, 0.25) is 0 Å². The molecule has 0 fully saturated rings. The maximum absolute atomic E-state index is 2.24. The lowest BCUT2D eigenvalue weighted by atomic mass is 10.1. The third-order valence-electron chi connectivity index (χ3n) is 2.06. The molecule has 10 heavy (non-hydrogen) atoms. The van der Waals surface area contributed by atoms with Gasteiger partial charge in [0.05, 0.1) is 0 Å². The van der Waals surface area contributed by atoms with E-state index in [1.165, 1.54) is 0 Å². The Balaban J connectivity index is 2.68. The number of rotatable bonds is 2. The molecule has 1 unspecified atom stereocenters. The van der Waals surface area contributed by atoms with Gasteiger partial charge in [-0.2, -0.15) is 0 Å². The van der Waals surface area contributed by atoms with Gasteiger partial charge in [-0.15, -0.1) is 0 Å². The Kier molecular flexibility index (Phi) is 2.15. The minimum absolute atomic E-state index is 0.620. The topological polar surface area (TPSA) is 4.93 Å². The monoisotopic (exact) mass is 137 g/mol. The average molecular weight is 137 g/mol. The van der Waals surface area contributed by atoms with Crippen LogP contribution in [-0.4, -0.2) is 4.57 Å². The van der Waals surface area contributed by atoms with Crippen molar-refractivity contribution < 1.29 is 0 Å². The zero-order valence-corrected chi connectivity index (χ0v) is 6.91. The Hall–Kier alpha value is -0.720. The minimum atomic E-state index is 0.620. The Morgan fingerprint density at radius 2 is 1.50 bits per heavy atom. The van der Waals surface area contributed by atoms with Gasteiger partial charge in [0.2, 0.25) is 0 Å². The Morgan fingerprint density at radius 3 is 1.90 bits per heavy atom. The summed E-state index contributed by atoms with van der Waals surface area (Å²) in [5, 5.41) is 0. The van der Waals surface area contributed by atoms with E-state index in [-0.39, 0.29) is 0 Å². The van der Waals surface area contributed by atoms with Crippen LogP contribution in [0.25, 0.3) is 0 Å². The van der Waals surface area contributed by atoms with E-state index < -0.39 is 0 Å². The first kappa shape index (κ1) is 7.39. The molecule has 1 heterocycles. The maximum Gasteiger partial charge on any atom is 0.0325 e. The molecule has 0 aliphatic rings. The molecule has 0 bridgehead atoms. The van der Waals surface area contributed by atoms with E-state index in [1.807, 2.05) is 0 Å². The van der Waals surface area contributed by atoms with Crippen molar-refractivity contribution in [2.24, 2.45) is 5.92 Å². The van der Waals surface area contributed by atoms with Crippen molar-refractivity contribution in [1.82, 2.24) is 4.57 Å². The first-order valence-electron chi connectivity index (χ1n) is 3.84. The van der Waals surface area contributed by atoms with E-state index in [0.29, 0.717) is 12.0 Å². The van der Waals surface area contributed by atoms with Gasteiger partial charge in [-0.3, -0.25) is 0 Å². The van der Waals surface area contributed by atoms with Crippen LogP contribution in [-0.2, 0) is 0 Å². The molecule has 0 radical (unpaired) electrons. The fourth-order valence-electron chi connectivity index (χ4n) is 0.964. The van der Waals surface area contributed by atoms with Crippen molar-refractivity contribution in [2.75, 3.05) is 0 Å². The van der Waals surface area contributed by atoms with Crippen LogP contribution in [0.4, 0.5) is 0 Å². The highest BCUT2D eigenvalue weighted by atomic mass is 15.0. The predicted molar refractivity (Wildman–Crippen MR) is 44.0 cm³/mol. The quantitative estimate of drug-likeness (QED) is 0.590. The lowest BCUT2D eigenvalue weighted by Gasteiger charge is -2.16. The van der Waals surface area contributed by atoms with Crippen LogP contribution < -0.4 is 0 Å². The zero-order valence-electron chi connectivity index (χ0n) is 6.91. The van der Waals surface area contributed by atoms with Gasteiger partial charge in [0, 0.05) is 18.4 Å². The molecule has 1 atom stereocenters. The fourth-order valence-corrected chi connectivity index (χ4v) is 0.964. The normalized spacial score (nSPS) is 14.0.